The van der Waals surface area contributed by atoms with E-state index in [1.807, 2.05) is 7.11 Å². The number of alkyl halides is 1. The maximum Gasteiger partial charge on any atom is 0.234 e. The van der Waals surface area contributed by atoms with Crippen molar-refractivity contribution in [3.63, 3.8) is 0 Å². The zero-order chi connectivity index (χ0) is 19.5. The minimum atomic E-state index is -0.00898. The van der Waals surface area contributed by atoms with Crippen LogP contribution in [0.4, 0.5) is 0 Å². The highest BCUT2D eigenvalue weighted by Crippen LogP contribution is 2.53. The van der Waals surface area contributed by atoms with E-state index in [2.05, 4.69) is 57.0 Å². The second-order valence-corrected chi connectivity index (χ2v) is 11.0. The van der Waals surface area contributed by atoms with Crippen LogP contribution in [0.25, 0.3) is 0 Å². The molecule has 1 aromatic rings. The summed E-state index contributed by atoms with van der Waals surface area (Å²) in [6.45, 7) is 0.726. The number of thioether (sulfide) groups is 1. The molecule has 7 atom stereocenters. The zero-order valence-electron chi connectivity index (χ0n) is 16.0. The molecule has 0 radical (unpaired) electrons. The molecule has 1 amide bonds. The molecule has 0 aromatic heterocycles. The standard InChI is InChI=1S/C22H27BrN2O2S/c1-27-16-10-15(23)19-18(14-6-9-28-20(14)21(26)25-19)17(16)12-2-4-13(5-3-12)22(11-24)7-8-22/h2-6,9,14-20H,7-8,10-11,24H2,1H3,(H,25,26). The average molecular weight is 463 g/mol. The second kappa shape index (κ2) is 7.15. The van der Waals surface area contributed by atoms with Crippen molar-refractivity contribution in [2.45, 2.75) is 52.8 Å². The van der Waals surface area contributed by atoms with Gasteiger partial charge < -0.3 is 15.8 Å². The van der Waals surface area contributed by atoms with Crippen LogP contribution in [-0.2, 0) is 14.9 Å². The second-order valence-electron chi connectivity index (χ2n) is 8.73. The van der Waals surface area contributed by atoms with Gasteiger partial charge in [0.05, 0.1) is 11.4 Å². The number of nitrogens with one attached hydrogen (secondary N) is 1. The molecule has 0 bridgehead atoms. The van der Waals surface area contributed by atoms with Gasteiger partial charge in [0.15, 0.2) is 0 Å². The van der Waals surface area contributed by atoms with Crippen LogP contribution >= 0.6 is 27.7 Å². The van der Waals surface area contributed by atoms with Crippen LogP contribution in [0.3, 0.4) is 0 Å². The number of halogens is 1. The van der Waals surface area contributed by atoms with Crippen molar-refractivity contribution in [1.82, 2.24) is 5.32 Å². The summed E-state index contributed by atoms with van der Waals surface area (Å²) in [6, 6.07) is 9.24. The number of carbonyl (C=O) groups excluding carboxylic acids is 1. The van der Waals surface area contributed by atoms with Crippen molar-refractivity contribution in [3.05, 3.63) is 46.9 Å². The van der Waals surface area contributed by atoms with Gasteiger partial charge in [0.25, 0.3) is 0 Å². The molecule has 4 aliphatic rings. The van der Waals surface area contributed by atoms with Gasteiger partial charge in [-0.1, -0.05) is 46.3 Å². The summed E-state index contributed by atoms with van der Waals surface area (Å²) in [5.41, 5.74) is 8.92. The molecule has 1 saturated heterocycles. The third kappa shape index (κ3) is 2.91. The van der Waals surface area contributed by atoms with E-state index < -0.39 is 0 Å². The first-order valence-electron chi connectivity index (χ1n) is 10.2. The van der Waals surface area contributed by atoms with Gasteiger partial charge in [-0.25, -0.2) is 0 Å². The van der Waals surface area contributed by atoms with Gasteiger partial charge in [0.2, 0.25) is 5.91 Å². The summed E-state index contributed by atoms with van der Waals surface area (Å²) in [5, 5.41) is 5.42. The lowest BCUT2D eigenvalue weighted by Crippen LogP contribution is -2.63. The third-order valence-electron chi connectivity index (χ3n) is 7.42. The average Bonchev–Trinajstić information content (AvgIpc) is 3.36. The quantitative estimate of drug-likeness (QED) is 0.673. The Morgan fingerprint density at radius 3 is 2.71 bits per heavy atom. The Bertz CT molecular complexity index is 794. The number of amides is 1. The summed E-state index contributed by atoms with van der Waals surface area (Å²) in [7, 11) is 1.82. The number of benzene rings is 1. The Balaban J connectivity index is 1.52. The van der Waals surface area contributed by atoms with Crippen LogP contribution in [0.1, 0.15) is 36.3 Å². The molecule has 3 fully saturated rings. The van der Waals surface area contributed by atoms with E-state index in [0.29, 0.717) is 5.92 Å². The fraction of sp³-hybridized carbons (Fsp3) is 0.591. The van der Waals surface area contributed by atoms with Crippen molar-refractivity contribution in [1.29, 1.82) is 0 Å². The number of rotatable bonds is 4. The van der Waals surface area contributed by atoms with Gasteiger partial charge in [-0.2, -0.15) is 0 Å². The summed E-state index contributed by atoms with van der Waals surface area (Å²) in [5.74, 6) is 1.02. The van der Waals surface area contributed by atoms with Gasteiger partial charge in [-0.3, -0.25) is 4.79 Å². The van der Waals surface area contributed by atoms with E-state index in [9.17, 15) is 4.79 Å². The predicted molar refractivity (Wildman–Crippen MR) is 117 cm³/mol. The first kappa shape index (κ1) is 19.2. The van der Waals surface area contributed by atoms with Crippen molar-refractivity contribution >= 4 is 33.6 Å². The summed E-state index contributed by atoms with van der Waals surface area (Å²) < 4.78 is 5.99. The van der Waals surface area contributed by atoms with Gasteiger partial charge in [-0.05, 0) is 41.7 Å². The number of hydrogen-bond acceptors (Lipinski definition) is 4. The van der Waals surface area contributed by atoms with E-state index in [-0.39, 0.29) is 45.4 Å². The smallest absolute Gasteiger partial charge is 0.234 e. The number of piperidine rings is 1. The van der Waals surface area contributed by atoms with Gasteiger partial charge >= 0.3 is 0 Å². The molecule has 2 heterocycles. The summed E-state index contributed by atoms with van der Waals surface area (Å²) >= 11 is 5.50. The lowest BCUT2D eigenvalue weighted by Gasteiger charge is -2.51. The van der Waals surface area contributed by atoms with Crippen LogP contribution in [0, 0.1) is 11.8 Å². The monoisotopic (exact) mass is 462 g/mol. The summed E-state index contributed by atoms with van der Waals surface area (Å²) in [4.78, 5) is 12.9. The topological polar surface area (TPSA) is 64.3 Å². The molecule has 5 rings (SSSR count). The fourth-order valence-corrected chi connectivity index (χ4v) is 7.56. The van der Waals surface area contributed by atoms with E-state index in [4.69, 9.17) is 10.5 Å². The molecule has 3 N–H and O–H groups in total. The van der Waals surface area contributed by atoms with Crippen molar-refractivity contribution in [2.24, 2.45) is 17.6 Å². The van der Waals surface area contributed by atoms with Gasteiger partial charge in [0, 0.05) is 41.8 Å². The molecule has 2 saturated carbocycles. The van der Waals surface area contributed by atoms with Gasteiger partial charge in [-0.15, -0.1) is 11.8 Å². The van der Waals surface area contributed by atoms with Crippen LogP contribution in [0.15, 0.2) is 35.7 Å². The van der Waals surface area contributed by atoms with Crippen molar-refractivity contribution in [2.75, 3.05) is 13.7 Å². The SMILES string of the molecule is COC1CC(Br)C2NC(=O)C3SC=CC3C2C1c1ccc(C2(CN)CC2)cc1. The molecule has 2 aliphatic heterocycles. The Hall–Kier alpha value is -0.820. The number of fused-ring (bicyclic) bond motifs is 3. The van der Waals surface area contributed by atoms with Crippen LogP contribution in [0.5, 0.6) is 0 Å². The lowest BCUT2D eigenvalue weighted by atomic mass is 9.63. The van der Waals surface area contributed by atoms with E-state index in [0.717, 1.165) is 13.0 Å². The molecule has 6 heteroatoms. The number of carbonyl (C=O) groups is 1. The normalized spacial score (nSPS) is 40.5. The van der Waals surface area contributed by atoms with Crippen LogP contribution in [-0.4, -0.2) is 41.8 Å². The molecule has 28 heavy (non-hydrogen) atoms. The molecule has 7 unspecified atom stereocenters. The minimum Gasteiger partial charge on any atom is -0.381 e. The highest BCUT2D eigenvalue weighted by molar-refractivity contribution is 9.09. The van der Waals surface area contributed by atoms with Crippen molar-refractivity contribution in [3.8, 4) is 0 Å². The first-order valence-corrected chi connectivity index (χ1v) is 12.0. The Morgan fingerprint density at radius 1 is 1.32 bits per heavy atom. The molecular weight excluding hydrogens is 436 g/mol. The highest BCUT2D eigenvalue weighted by Gasteiger charge is 2.55. The maximum atomic E-state index is 12.6. The van der Waals surface area contributed by atoms with E-state index in [1.165, 1.54) is 24.0 Å². The largest absolute Gasteiger partial charge is 0.381 e. The first-order chi connectivity index (χ1) is 13.6. The molecule has 1 aromatic carbocycles. The predicted octanol–water partition coefficient (Wildman–Crippen LogP) is 3.30. The number of nitrogens with two attached hydrogens (primary N) is 1. The Morgan fingerprint density at radius 2 is 2.07 bits per heavy atom. The fourth-order valence-electron chi connectivity index (χ4n) is 5.62. The molecule has 4 nitrogen and oxygen atoms in total. The summed E-state index contributed by atoms with van der Waals surface area (Å²) in [6.07, 6.45) is 5.67. The number of allylic oxidation sites excluding steroid dienone is 1. The van der Waals surface area contributed by atoms with Crippen molar-refractivity contribution < 1.29 is 9.53 Å². The maximum absolute atomic E-state index is 12.6. The number of ether oxygens (including phenoxy) is 1. The lowest BCUT2D eigenvalue weighted by molar-refractivity contribution is -0.127. The zero-order valence-corrected chi connectivity index (χ0v) is 18.4. The van der Waals surface area contributed by atoms with Crippen LogP contribution in [0.2, 0.25) is 0 Å². The molecule has 150 valence electrons. The third-order valence-corrected chi connectivity index (χ3v) is 9.50. The minimum absolute atomic E-state index is 0.00898. The Labute approximate surface area is 179 Å². The van der Waals surface area contributed by atoms with E-state index in [1.54, 1.807) is 11.8 Å². The van der Waals surface area contributed by atoms with E-state index >= 15 is 0 Å². The molecule has 0 spiro atoms. The van der Waals surface area contributed by atoms with Crippen LogP contribution < -0.4 is 11.1 Å². The molecular formula is C22H27BrN2O2S. The number of hydrogen-bond donors (Lipinski definition) is 2. The van der Waals surface area contributed by atoms with Gasteiger partial charge in [0.1, 0.15) is 0 Å². The highest BCUT2D eigenvalue weighted by atomic mass is 79.9. The number of methoxy groups -OCH3 is 1. The Kier molecular flexibility index (Phi) is 4.89. The molecule has 2 aliphatic carbocycles.